The van der Waals surface area contributed by atoms with Gasteiger partial charge in [0.15, 0.2) is 0 Å². The summed E-state index contributed by atoms with van der Waals surface area (Å²) in [7, 11) is 1.79. The molecule has 1 aromatic rings. The van der Waals surface area contributed by atoms with E-state index in [-0.39, 0.29) is 0 Å². The van der Waals surface area contributed by atoms with Gasteiger partial charge in [-0.15, -0.1) is 0 Å². The van der Waals surface area contributed by atoms with Crippen molar-refractivity contribution in [1.82, 2.24) is 5.32 Å². The average Bonchev–Trinajstić information content (AvgIpc) is 2.42. The van der Waals surface area contributed by atoms with Crippen LogP contribution in [0.1, 0.15) is 31.4 Å². The number of benzene rings is 1. The maximum Gasteiger partial charge on any atom is 0.0678 e. The molecular formula is C17H28N2O. The molecule has 1 heterocycles. The van der Waals surface area contributed by atoms with E-state index in [1.165, 1.54) is 29.7 Å². The maximum absolute atomic E-state index is 5.45. The van der Waals surface area contributed by atoms with E-state index >= 15 is 0 Å². The first kappa shape index (κ1) is 15.3. The third-order valence-electron chi connectivity index (χ3n) is 3.95. The molecule has 0 fully saturated rings. The molecule has 1 aliphatic rings. The van der Waals surface area contributed by atoms with Crippen molar-refractivity contribution in [2.75, 3.05) is 31.7 Å². The molecule has 1 N–H and O–H groups in total. The summed E-state index contributed by atoms with van der Waals surface area (Å²) in [4.78, 5) is 2.52. The van der Waals surface area contributed by atoms with Crippen LogP contribution in [0.15, 0.2) is 18.2 Å². The number of anilines is 1. The van der Waals surface area contributed by atoms with Gasteiger partial charge >= 0.3 is 0 Å². The zero-order chi connectivity index (χ0) is 14.5. The van der Waals surface area contributed by atoms with Crippen molar-refractivity contribution in [1.29, 1.82) is 0 Å². The van der Waals surface area contributed by atoms with Crippen LogP contribution >= 0.6 is 0 Å². The average molecular weight is 276 g/mol. The normalized spacial score (nSPS) is 16.4. The first-order valence-electron chi connectivity index (χ1n) is 7.70. The summed E-state index contributed by atoms with van der Waals surface area (Å²) in [6.07, 6.45) is 2.43. The van der Waals surface area contributed by atoms with Crippen LogP contribution in [0.3, 0.4) is 0 Å². The minimum Gasteiger partial charge on any atom is -0.383 e. The van der Waals surface area contributed by atoms with Crippen molar-refractivity contribution in [3.8, 4) is 0 Å². The Morgan fingerprint density at radius 2 is 2.15 bits per heavy atom. The van der Waals surface area contributed by atoms with Gasteiger partial charge in [-0.25, -0.2) is 0 Å². The van der Waals surface area contributed by atoms with Crippen LogP contribution in [0, 0.1) is 6.92 Å². The van der Waals surface area contributed by atoms with Gasteiger partial charge in [0.1, 0.15) is 0 Å². The molecule has 0 aromatic heterocycles. The molecule has 1 atom stereocenters. The highest BCUT2D eigenvalue weighted by Gasteiger charge is 2.24. The molecule has 0 aliphatic carbocycles. The minimum absolute atomic E-state index is 0.407. The quantitative estimate of drug-likeness (QED) is 0.864. The van der Waals surface area contributed by atoms with Gasteiger partial charge in [0.25, 0.3) is 0 Å². The Morgan fingerprint density at radius 3 is 2.85 bits per heavy atom. The van der Waals surface area contributed by atoms with Crippen molar-refractivity contribution in [2.24, 2.45) is 0 Å². The van der Waals surface area contributed by atoms with Gasteiger partial charge in [0.2, 0.25) is 0 Å². The number of aryl methyl sites for hydroxylation is 2. The highest BCUT2D eigenvalue weighted by Crippen LogP contribution is 2.29. The SMILES string of the molecule is COCC(CNC(C)C)N1CCCc2cc(C)ccc21. The van der Waals surface area contributed by atoms with E-state index in [9.17, 15) is 0 Å². The fraction of sp³-hybridized carbons (Fsp3) is 0.647. The number of hydrogen-bond acceptors (Lipinski definition) is 3. The molecule has 2 rings (SSSR count). The first-order valence-corrected chi connectivity index (χ1v) is 7.70. The van der Waals surface area contributed by atoms with E-state index in [2.05, 4.69) is 49.2 Å². The topological polar surface area (TPSA) is 24.5 Å². The fourth-order valence-electron chi connectivity index (χ4n) is 2.96. The van der Waals surface area contributed by atoms with Crippen molar-refractivity contribution in [3.05, 3.63) is 29.3 Å². The van der Waals surface area contributed by atoms with Gasteiger partial charge in [0, 0.05) is 31.9 Å². The van der Waals surface area contributed by atoms with E-state index in [4.69, 9.17) is 4.74 Å². The number of nitrogens with one attached hydrogen (secondary N) is 1. The van der Waals surface area contributed by atoms with Crippen molar-refractivity contribution < 1.29 is 4.74 Å². The Balaban J connectivity index is 2.17. The number of hydrogen-bond donors (Lipinski definition) is 1. The Hall–Kier alpha value is -1.06. The van der Waals surface area contributed by atoms with Gasteiger partial charge in [0.05, 0.1) is 12.6 Å². The maximum atomic E-state index is 5.45. The lowest BCUT2D eigenvalue weighted by atomic mass is 9.98. The molecule has 1 aromatic carbocycles. The second kappa shape index (κ2) is 7.09. The van der Waals surface area contributed by atoms with Crippen LogP contribution in [-0.4, -0.2) is 38.9 Å². The molecular weight excluding hydrogens is 248 g/mol. The van der Waals surface area contributed by atoms with Crippen molar-refractivity contribution >= 4 is 5.69 Å². The molecule has 0 spiro atoms. The van der Waals surface area contributed by atoms with Gasteiger partial charge in [-0.3, -0.25) is 0 Å². The first-order chi connectivity index (χ1) is 9.61. The monoisotopic (exact) mass is 276 g/mol. The molecule has 3 heteroatoms. The minimum atomic E-state index is 0.407. The van der Waals surface area contributed by atoms with E-state index in [1.54, 1.807) is 7.11 Å². The summed E-state index contributed by atoms with van der Waals surface area (Å²) < 4.78 is 5.45. The van der Waals surface area contributed by atoms with Gasteiger partial charge < -0.3 is 15.0 Å². The van der Waals surface area contributed by atoms with Gasteiger partial charge in [-0.2, -0.15) is 0 Å². The number of nitrogens with zero attached hydrogens (tertiary/aromatic N) is 1. The second-order valence-electron chi connectivity index (χ2n) is 6.10. The molecule has 0 bridgehead atoms. The molecule has 0 saturated carbocycles. The third-order valence-corrected chi connectivity index (χ3v) is 3.95. The smallest absolute Gasteiger partial charge is 0.0678 e. The van der Waals surface area contributed by atoms with E-state index in [0.29, 0.717) is 12.1 Å². The summed E-state index contributed by atoms with van der Waals surface area (Å²) in [5.41, 5.74) is 4.24. The molecule has 0 saturated heterocycles. The highest BCUT2D eigenvalue weighted by molar-refractivity contribution is 5.57. The van der Waals surface area contributed by atoms with E-state index < -0.39 is 0 Å². The van der Waals surface area contributed by atoms with Crippen LogP contribution in [-0.2, 0) is 11.2 Å². The summed E-state index contributed by atoms with van der Waals surface area (Å²) in [6.45, 7) is 9.43. The Labute approximate surface area is 123 Å². The number of fused-ring (bicyclic) bond motifs is 1. The second-order valence-corrected chi connectivity index (χ2v) is 6.10. The molecule has 3 nitrogen and oxygen atoms in total. The molecule has 112 valence electrons. The predicted molar refractivity (Wildman–Crippen MR) is 85.6 cm³/mol. The van der Waals surface area contributed by atoms with E-state index in [0.717, 1.165) is 19.7 Å². The summed E-state index contributed by atoms with van der Waals surface area (Å²) in [6, 6.07) is 7.75. The predicted octanol–water partition coefficient (Wildman–Crippen LogP) is 2.76. The van der Waals surface area contributed by atoms with Crippen molar-refractivity contribution in [2.45, 2.75) is 45.7 Å². The zero-order valence-electron chi connectivity index (χ0n) is 13.3. The number of methoxy groups -OCH3 is 1. The lowest BCUT2D eigenvalue weighted by molar-refractivity contribution is 0.173. The number of ether oxygens (including phenoxy) is 1. The molecule has 1 aliphatic heterocycles. The highest BCUT2D eigenvalue weighted by atomic mass is 16.5. The Morgan fingerprint density at radius 1 is 1.35 bits per heavy atom. The summed E-state index contributed by atoms with van der Waals surface area (Å²) in [5, 5.41) is 3.55. The Kier molecular flexibility index (Phi) is 5.44. The van der Waals surface area contributed by atoms with Crippen LogP contribution in [0.25, 0.3) is 0 Å². The fourth-order valence-corrected chi connectivity index (χ4v) is 2.96. The van der Waals surface area contributed by atoms with Crippen LogP contribution in [0.5, 0.6) is 0 Å². The summed E-state index contributed by atoms with van der Waals surface area (Å²) >= 11 is 0. The zero-order valence-corrected chi connectivity index (χ0v) is 13.3. The van der Waals surface area contributed by atoms with Crippen molar-refractivity contribution in [3.63, 3.8) is 0 Å². The number of rotatable bonds is 6. The largest absolute Gasteiger partial charge is 0.383 e. The van der Waals surface area contributed by atoms with Crippen LogP contribution in [0.2, 0.25) is 0 Å². The molecule has 20 heavy (non-hydrogen) atoms. The van der Waals surface area contributed by atoms with Crippen LogP contribution < -0.4 is 10.2 Å². The lowest BCUT2D eigenvalue weighted by Gasteiger charge is -2.38. The molecule has 1 unspecified atom stereocenters. The lowest BCUT2D eigenvalue weighted by Crippen LogP contribution is -2.48. The molecule has 0 radical (unpaired) electrons. The van der Waals surface area contributed by atoms with Crippen LogP contribution in [0.4, 0.5) is 5.69 Å². The standard InChI is InChI=1S/C17H28N2O/c1-13(2)18-11-16(12-20-4)19-9-5-6-15-10-14(3)7-8-17(15)19/h7-8,10,13,16,18H,5-6,9,11-12H2,1-4H3. The Bertz CT molecular complexity index is 431. The van der Waals surface area contributed by atoms with E-state index in [1.807, 2.05) is 0 Å². The summed E-state index contributed by atoms with van der Waals surface area (Å²) in [5.74, 6) is 0. The molecule has 0 amide bonds. The third kappa shape index (κ3) is 3.74. The van der Waals surface area contributed by atoms with Gasteiger partial charge in [-0.1, -0.05) is 31.5 Å². The van der Waals surface area contributed by atoms with Gasteiger partial charge in [-0.05, 0) is 31.4 Å².